The fraction of sp³-hybridized carbons (Fsp3) is 0. The van der Waals surface area contributed by atoms with Crippen LogP contribution < -0.4 is 0 Å². The van der Waals surface area contributed by atoms with Gasteiger partial charge in [-0.15, -0.1) is 0 Å². The Kier molecular flexibility index (Phi) is 3.10. The van der Waals surface area contributed by atoms with Crippen LogP contribution in [-0.4, -0.2) is 15.0 Å². The number of fused-ring (bicyclic) bond motifs is 2. The summed E-state index contributed by atoms with van der Waals surface area (Å²) in [5, 5.41) is 1.15. The number of hydrogen-bond donors (Lipinski definition) is 1. The van der Waals surface area contributed by atoms with Crippen LogP contribution in [0.15, 0.2) is 85.1 Å². The quantitative estimate of drug-likeness (QED) is 0.470. The van der Waals surface area contributed by atoms with E-state index in [1.807, 2.05) is 48.7 Å². The van der Waals surface area contributed by atoms with Gasteiger partial charge in [0.15, 0.2) is 0 Å². The van der Waals surface area contributed by atoms with Crippen molar-refractivity contribution < 1.29 is 0 Å². The fourth-order valence-electron chi connectivity index (χ4n) is 3.14. The molecule has 0 aliphatic carbocycles. The van der Waals surface area contributed by atoms with Gasteiger partial charge < -0.3 is 4.98 Å². The van der Waals surface area contributed by atoms with Crippen LogP contribution in [0.5, 0.6) is 0 Å². The van der Waals surface area contributed by atoms with Crippen LogP contribution in [-0.2, 0) is 0 Å². The SMILES string of the molecule is c1ccc2ncc(-c3ccc(-c4nc5ccccc5[nH]4)cc3)cc2c1. The second-order valence-electron chi connectivity index (χ2n) is 6.10. The summed E-state index contributed by atoms with van der Waals surface area (Å²) in [4.78, 5) is 12.6. The zero-order chi connectivity index (χ0) is 16.6. The molecule has 3 heteroatoms. The average molecular weight is 321 g/mol. The number of aromatic amines is 1. The molecule has 2 aromatic heterocycles. The molecule has 0 spiro atoms. The Labute approximate surface area is 145 Å². The predicted molar refractivity (Wildman–Crippen MR) is 102 cm³/mol. The summed E-state index contributed by atoms with van der Waals surface area (Å²) in [6.07, 6.45) is 1.93. The highest BCUT2D eigenvalue weighted by molar-refractivity contribution is 5.84. The lowest BCUT2D eigenvalue weighted by molar-refractivity contribution is 1.33. The van der Waals surface area contributed by atoms with Crippen molar-refractivity contribution >= 4 is 21.9 Å². The minimum Gasteiger partial charge on any atom is -0.338 e. The molecule has 118 valence electrons. The van der Waals surface area contributed by atoms with Gasteiger partial charge in [-0.05, 0) is 29.8 Å². The zero-order valence-electron chi connectivity index (χ0n) is 13.5. The topological polar surface area (TPSA) is 41.6 Å². The fourth-order valence-corrected chi connectivity index (χ4v) is 3.14. The minimum atomic E-state index is 0.893. The van der Waals surface area contributed by atoms with E-state index < -0.39 is 0 Å². The van der Waals surface area contributed by atoms with E-state index in [4.69, 9.17) is 0 Å². The lowest BCUT2D eigenvalue weighted by Crippen LogP contribution is -1.84. The molecule has 0 aliphatic rings. The van der Waals surface area contributed by atoms with E-state index in [0.29, 0.717) is 0 Å². The standard InChI is InChI=1S/C22H15N3/c1-2-6-19-17(5-1)13-18(14-23-19)15-9-11-16(12-10-15)22-24-20-7-3-4-8-21(20)25-22/h1-14H,(H,24,25). The van der Waals surface area contributed by atoms with Crippen molar-refractivity contribution in [3.8, 4) is 22.5 Å². The lowest BCUT2D eigenvalue weighted by atomic mass is 10.0. The molecule has 0 fully saturated rings. The molecule has 3 aromatic carbocycles. The molecule has 0 unspecified atom stereocenters. The number of rotatable bonds is 2. The molecule has 25 heavy (non-hydrogen) atoms. The molecule has 2 heterocycles. The van der Waals surface area contributed by atoms with Crippen molar-refractivity contribution in [2.75, 3.05) is 0 Å². The van der Waals surface area contributed by atoms with Crippen LogP contribution in [0.25, 0.3) is 44.5 Å². The van der Waals surface area contributed by atoms with Crippen LogP contribution >= 0.6 is 0 Å². The molecular formula is C22H15N3. The molecular weight excluding hydrogens is 306 g/mol. The van der Waals surface area contributed by atoms with E-state index in [9.17, 15) is 0 Å². The highest BCUT2D eigenvalue weighted by atomic mass is 14.9. The summed E-state index contributed by atoms with van der Waals surface area (Å²) in [5.41, 5.74) is 6.41. The van der Waals surface area contributed by atoms with Gasteiger partial charge in [-0.25, -0.2) is 4.98 Å². The Morgan fingerprint density at radius 3 is 2.20 bits per heavy atom. The van der Waals surface area contributed by atoms with Gasteiger partial charge in [-0.1, -0.05) is 54.6 Å². The third-order valence-electron chi connectivity index (χ3n) is 4.47. The summed E-state index contributed by atoms with van der Waals surface area (Å²) in [6, 6.07) is 26.9. The first-order valence-corrected chi connectivity index (χ1v) is 8.27. The smallest absolute Gasteiger partial charge is 0.138 e. The third-order valence-corrected chi connectivity index (χ3v) is 4.47. The molecule has 0 aliphatic heterocycles. The van der Waals surface area contributed by atoms with Crippen molar-refractivity contribution in [2.45, 2.75) is 0 Å². The number of benzene rings is 3. The highest BCUT2D eigenvalue weighted by Crippen LogP contribution is 2.26. The van der Waals surface area contributed by atoms with Crippen molar-refractivity contribution in [1.29, 1.82) is 0 Å². The maximum Gasteiger partial charge on any atom is 0.138 e. The van der Waals surface area contributed by atoms with Gasteiger partial charge in [0, 0.05) is 22.7 Å². The van der Waals surface area contributed by atoms with Crippen LogP contribution in [0.3, 0.4) is 0 Å². The molecule has 5 aromatic rings. The molecule has 0 saturated heterocycles. The largest absolute Gasteiger partial charge is 0.338 e. The summed E-state index contributed by atoms with van der Waals surface area (Å²) in [5.74, 6) is 0.893. The van der Waals surface area contributed by atoms with Crippen molar-refractivity contribution in [2.24, 2.45) is 0 Å². The summed E-state index contributed by atoms with van der Waals surface area (Å²) in [6.45, 7) is 0. The Balaban J connectivity index is 1.53. The second-order valence-corrected chi connectivity index (χ2v) is 6.10. The predicted octanol–water partition coefficient (Wildman–Crippen LogP) is 5.45. The van der Waals surface area contributed by atoms with E-state index in [0.717, 1.165) is 44.5 Å². The maximum atomic E-state index is 4.66. The minimum absolute atomic E-state index is 0.893. The van der Waals surface area contributed by atoms with Gasteiger partial charge in [0.25, 0.3) is 0 Å². The molecule has 1 N–H and O–H groups in total. The molecule has 0 bridgehead atoms. The van der Waals surface area contributed by atoms with Gasteiger partial charge in [-0.2, -0.15) is 0 Å². The Morgan fingerprint density at radius 2 is 1.36 bits per heavy atom. The molecule has 0 atom stereocenters. The first-order chi connectivity index (χ1) is 12.4. The summed E-state index contributed by atoms with van der Waals surface area (Å²) >= 11 is 0. The zero-order valence-corrected chi connectivity index (χ0v) is 13.5. The van der Waals surface area contributed by atoms with Gasteiger partial charge in [0.05, 0.1) is 16.6 Å². The monoisotopic (exact) mass is 321 g/mol. The van der Waals surface area contributed by atoms with E-state index in [1.165, 1.54) is 0 Å². The first kappa shape index (κ1) is 13.9. The third kappa shape index (κ3) is 2.46. The summed E-state index contributed by atoms with van der Waals surface area (Å²) < 4.78 is 0. The van der Waals surface area contributed by atoms with Gasteiger partial charge in [-0.3, -0.25) is 4.98 Å². The highest BCUT2D eigenvalue weighted by Gasteiger charge is 2.06. The van der Waals surface area contributed by atoms with Crippen molar-refractivity contribution in [1.82, 2.24) is 15.0 Å². The van der Waals surface area contributed by atoms with Crippen LogP contribution in [0.1, 0.15) is 0 Å². The van der Waals surface area contributed by atoms with Crippen LogP contribution in [0.4, 0.5) is 0 Å². The number of hydrogen-bond acceptors (Lipinski definition) is 2. The lowest BCUT2D eigenvalue weighted by Gasteiger charge is -2.04. The summed E-state index contributed by atoms with van der Waals surface area (Å²) in [7, 11) is 0. The van der Waals surface area contributed by atoms with Gasteiger partial charge in [0.2, 0.25) is 0 Å². The van der Waals surface area contributed by atoms with Gasteiger partial charge in [0.1, 0.15) is 5.82 Å². The molecule has 0 amide bonds. The van der Waals surface area contributed by atoms with Gasteiger partial charge >= 0.3 is 0 Å². The molecule has 3 nitrogen and oxygen atoms in total. The maximum absolute atomic E-state index is 4.66. The second kappa shape index (κ2) is 5.56. The Hall–Kier alpha value is -3.46. The molecule has 0 radical (unpaired) electrons. The van der Waals surface area contributed by atoms with E-state index in [1.54, 1.807) is 0 Å². The van der Waals surface area contributed by atoms with E-state index in [2.05, 4.69) is 51.4 Å². The van der Waals surface area contributed by atoms with E-state index in [-0.39, 0.29) is 0 Å². The molecule has 0 saturated carbocycles. The first-order valence-electron chi connectivity index (χ1n) is 8.27. The number of para-hydroxylation sites is 3. The number of imidazole rings is 1. The number of H-pyrrole nitrogens is 1. The number of nitrogens with one attached hydrogen (secondary N) is 1. The number of pyridine rings is 1. The van der Waals surface area contributed by atoms with Crippen LogP contribution in [0.2, 0.25) is 0 Å². The normalized spacial score (nSPS) is 11.2. The van der Waals surface area contributed by atoms with E-state index >= 15 is 0 Å². The van der Waals surface area contributed by atoms with Crippen molar-refractivity contribution in [3.05, 3.63) is 85.1 Å². The van der Waals surface area contributed by atoms with Crippen molar-refractivity contribution in [3.63, 3.8) is 0 Å². The average Bonchev–Trinajstić information content (AvgIpc) is 3.12. The van der Waals surface area contributed by atoms with Crippen LogP contribution in [0, 0.1) is 0 Å². The number of nitrogens with zero attached hydrogens (tertiary/aromatic N) is 2. The molecule has 5 rings (SSSR count). The number of aromatic nitrogens is 3. The Morgan fingerprint density at radius 1 is 0.640 bits per heavy atom. The Bertz CT molecular complexity index is 1150.